The Morgan fingerprint density at radius 2 is 1.88 bits per heavy atom. The van der Waals surface area contributed by atoms with Crippen molar-refractivity contribution < 1.29 is 23.8 Å². The zero-order valence-electron chi connectivity index (χ0n) is 19.2. The van der Waals surface area contributed by atoms with Crippen LogP contribution in [0.15, 0.2) is 59.2 Å². The number of amides is 1. The lowest BCUT2D eigenvalue weighted by molar-refractivity contribution is -0.118. The molecule has 3 rings (SSSR count). The largest absolute Gasteiger partial charge is 0.495 e. The van der Waals surface area contributed by atoms with Gasteiger partial charge in [0.05, 0.1) is 30.1 Å². The van der Waals surface area contributed by atoms with Crippen molar-refractivity contribution in [1.82, 2.24) is 9.78 Å². The third kappa shape index (κ3) is 6.26. The topological polar surface area (TPSA) is 91.7 Å². The Balaban J connectivity index is 1.69. The van der Waals surface area contributed by atoms with E-state index in [1.807, 2.05) is 19.9 Å². The number of benzene rings is 2. The molecule has 9 heteroatoms. The van der Waals surface area contributed by atoms with E-state index in [2.05, 4.69) is 26.3 Å². The fraction of sp³-hybridized carbons (Fsp3) is 0.240. The van der Waals surface area contributed by atoms with Crippen molar-refractivity contribution in [3.63, 3.8) is 0 Å². The third-order valence-electron chi connectivity index (χ3n) is 4.76. The number of allylic oxidation sites excluding steroid dienone is 1. The Hall–Kier alpha value is -3.59. The number of nitrogens with zero attached hydrogens (tertiary/aromatic N) is 2. The Morgan fingerprint density at radius 1 is 1.09 bits per heavy atom. The number of hydrogen-bond donors (Lipinski definition) is 1. The SMILES string of the molecule is CCOc1cc(/C=C/C(=O)c2c(Br)cnn2CC)ccc1OCC(=O)Nc1ccccc1OC. The van der Waals surface area contributed by atoms with Gasteiger partial charge in [0.15, 0.2) is 18.1 Å². The summed E-state index contributed by atoms with van der Waals surface area (Å²) >= 11 is 3.37. The smallest absolute Gasteiger partial charge is 0.262 e. The molecule has 3 aromatic rings. The molecular weight excluding hydrogens is 502 g/mol. The van der Waals surface area contributed by atoms with Gasteiger partial charge < -0.3 is 19.5 Å². The maximum absolute atomic E-state index is 12.6. The van der Waals surface area contributed by atoms with E-state index in [1.165, 1.54) is 13.2 Å². The Morgan fingerprint density at radius 3 is 2.62 bits per heavy atom. The molecule has 1 heterocycles. The summed E-state index contributed by atoms with van der Waals surface area (Å²) in [5.41, 5.74) is 1.80. The summed E-state index contributed by atoms with van der Waals surface area (Å²) in [7, 11) is 1.54. The first-order valence-corrected chi connectivity index (χ1v) is 11.5. The first kappa shape index (κ1) is 25.0. The van der Waals surface area contributed by atoms with Crippen LogP contribution in [0, 0.1) is 0 Å². The lowest BCUT2D eigenvalue weighted by Crippen LogP contribution is -2.20. The number of nitrogens with one attached hydrogen (secondary N) is 1. The minimum absolute atomic E-state index is 0.169. The average molecular weight is 528 g/mol. The molecule has 0 aliphatic heterocycles. The summed E-state index contributed by atoms with van der Waals surface area (Å²) in [6.45, 7) is 4.57. The molecule has 8 nitrogen and oxygen atoms in total. The number of ketones is 1. The number of carbonyl (C=O) groups is 2. The van der Waals surface area contributed by atoms with E-state index in [0.29, 0.717) is 46.3 Å². The summed E-state index contributed by atoms with van der Waals surface area (Å²) in [6.07, 6.45) is 4.79. The molecule has 1 N–H and O–H groups in total. The molecular formula is C25H26BrN3O5. The van der Waals surface area contributed by atoms with Crippen molar-refractivity contribution in [1.29, 1.82) is 0 Å². The average Bonchev–Trinajstić information content (AvgIpc) is 3.23. The Labute approximate surface area is 206 Å². The van der Waals surface area contributed by atoms with Crippen LogP contribution in [0.2, 0.25) is 0 Å². The van der Waals surface area contributed by atoms with Crippen LogP contribution in [0.5, 0.6) is 17.2 Å². The number of halogens is 1. The van der Waals surface area contributed by atoms with Gasteiger partial charge in [0.25, 0.3) is 5.91 Å². The van der Waals surface area contributed by atoms with Crippen molar-refractivity contribution >= 4 is 39.4 Å². The molecule has 0 fully saturated rings. The molecule has 0 aliphatic rings. The number of anilines is 1. The van der Waals surface area contributed by atoms with Gasteiger partial charge in [0, 0.05) is 6.54 Å². The van der Waals surface area contributed by atoms with Gasteiger partial charge in [-0.25, -0.2) is 0 Å². The molecule has 0 bridgehead atoms. The van der Waals surface area contributed by atoms with Crippen molar-refractivity contribution in [3.8, 4) is 17.2 Å². The van der Waals surface area contributed by atoms with Gasteiger partial charge >= 0.3 is 0 Å². The minimum atomic E-state index is -0.334. The van der Waals surface area contributed by atoms with E-state index in [1.54, 1.807) is 53.4 Å². The number of carbonyl (C=O) groups excluding carboxylic acids is 2. The first-order chi connectivity index (χ1) is 16.5. The zero-order valence-corrected chi connectivity index (χ0v) is 20.8. The molecule has 1 amide bonds. The monoisotopic (exact) mass is 527 g/mol. The number of methoxy groups -OCH3 is 1. The number of hydrogen-bond acceptors (Lipinski definition) is 6. The highest BCUT2D eigenvalue weighted by Crippen LogP contribution is 2.29. The first-order valence-electron chi connectivity index (χ1n) is 10.7. The van der Waals surface area contributed by atoms with E-state index in [-0.39, 0.29) is 18.3 Å². The fourth-order valence-corrected chi connectivity index (χ4v) is 3.68. The molecule has 0 atom stereocenters. The van der Waals surface area contributed by atoms with Crippen LogP contribution in [-0.4, -0.2) is 41.8 Å². The minimum Gasteiger partial charge on any atom is -0.495 e. The quantitative estimate of drug-likeness (QED) is 0.279. The van der Waals surface area contributed by atoms with Crippen LogP contribution in [0.1, 0.15) is 29.9 Å². The fourth-order valence-electron chi connectivity index (χ4n) is 3.19. The molecule has 1 aromatic heterocycles. The summed E-state index contributed by atoms with van der Waals surface area (Å²) in [6, 6.07) is 12.4. The van der Waals surface area contributed by atoms with Crippen molar-refractivity contribution in [2.75, 3.05) is 25.6 Å². The number of ether oxygens (including phenoxy) is 3. The molecule has 2 aromatic carbocycles. The lowest BCUT2D eigenvalue weighted by atomic mass is 10.1. The van der Waals surface area contributed by atoms with Gasteiger partial charge in [-0.2, -0.15) is 5.10 Å². The second kappa shape index (κ2) is 12.0. The standard InChI is InChI=1S/C25H26BrN3O5/c1-4-29-25(18(26)15-27-29)20(30)12-10-17-11-13-22(23(14-17)33-5-2)34-16-24(31)28-19-8-6-7-9-21(19)32-3/h6-15H,4-5,16H2,1-3H3,(H,28,31)/b12-10+. The van der Waals surface area contributed by atoms with Crippen LogP contribution in [0.25, 0.3) is 6.08 Å². The maximum Gasteiger partial charge on any atom is 0.262 e. The van der Waals surface area contributed by atoms with Crippen molar-refractivity contribution in [2.24, 2.45) is 0 Å². The van der Waals surface area contributed by atoms with Crippen LogP contribution >= 0.6 is 15.9 Å². The second-order valence-electron chi connectivity index (χ2n) is 7.03. The highest BCUT2D eigenvalue weighted by atomic mass is 79.9. The third-order valence-corrected chi connectivity index (χ3v) is 5.34. The van der Waals surface area contributed by atoms with E-state index >= 15 is 0 Å². The van der Waals surface area contributed by atoms with Crippen LogP contribution in [-0.2, 0) is 11.3 Å². The normalized spacial score (nSPS) is 10.8. The lowest BCUT2D eigenvalue weighted by Gasteiger charge is -2.13. The predicted octanol–water partition coefficient (Wildman–Crippen LogP) is 4.99. The number of rotatable bonds is 11. The molecule has 0 spiro atoms. The summed E-state index contributed by atoms with van der Waals surface area (Å²) < 4.78 is 18.9. The molecule has 0 aliphatic carbocycles. The van der Waals surface area contributed by atoms with Gasteiger partial charge in [-0.3, -0.25) is 14.3 Å². The molecule has 0 saturated heterocycles. The highest BCUT2D eigenvalue weighted by Gasteiger charge is 2.14. The van der Waals surface area contributed by atoms with E-state index in [4.69, 9.17) is 14.2 Å². The Kier molecular flexibility index (Phi) is 8.86. The molecule has 178 valence electrons. The summed E-state index contributed by atoms with van der Waals surface area (Å²) in [5.74, 6) is 0.956. The Bertz CT molecular complexity index is 1190. The number of aryl methyl sites for hydroxylation is 1. The molecule has 0 radical (unpaired) electrons. The maximum atomic E-state index is 12.6. The molecule has 34 heavy (non-hydrogen) atoms. The summed E-state index contributed by atoms with van der Waals surface area (Å²) in [5, 5.41) is 6.94. The predicted molar refractivity (Wildman–Crippen MR) is 134 cm³/mol. The van der Waals surface area contributed by atoms with Crippen molar-refractivity contribution in [3.05, 3.63) is 70.5 Å². The van der Waals surface area contributed by atoms with Gasteiger partial charge in [-0.15, -0.1) is 0 Å². The summed E-state index contributed by atoms with van der Waals surface area (Å²) in [4.78, 5) is 25.0. The highest BCUT2D eigenvalue weighted by molar-refractivity contribution is 9.10. The van der Waals surface area contributed by atoms with Crippen LogP contribution in [0.4, 0.5) is 5.69 Å². The van der Waals surface area contributed by atoms with Gasteiger partial charge in [0.1, 0.15) is 11.4 Å². The molecule has 0 saturated carbocycles. The number of aromatic nitrogens is 2. The van der Waals surface area contributed by atoms with Gasteiger partial charge in [-0.05, 0) is 65.7 Å². The van der Waals surface area contributed by atoms with Gasteiger partial charge in [-0.1, -0.05) is 24.3 Å². The van der Waals surface area contributed by atoms with Crippen LogP contribution < -0.4 is 19.5 Å². The zero-order chi connectivity index (χ0) is 24.5. The van der Waals surface area contributed by atoms with Crippen LogP contribution in [0.3, 0.4) is 0 Å². The van der Waals surface area contributed by atoms with E-state index < -0.39 is 0 Å². The van der Waals surface area contributed by atoms with Crippen molar-refractivity contribution in [2.45, 2.75) is 20.4 Å². The van der Waals surface area contributed by atoms with Gasteiger partial charge in [0.2, 0.25) is 5.78 Å². The second-order valence-corrected chi connectivity index (χ2v) is 7.89. The van der Waals surface area contributed by atoms with E-state index in [0.717, 1.165) is 5.56 Å². The van der Waals surface area contributed by atoms with E-state index in [9.17, 15) is 9.59 Å². The number of para-hydroxylation sites is 2. The molecule has 0 unspecified atom stereocenters.